The van der Waals surface area contributed by atoms with E-state index in [1.807, 2.05) is 72.8 Å². The van der Waals surface area contributed by atoms with Crippen molar-refractivity contribution in [1.29, 1.82) is 0 Å². The van der Waals surface area contributed by atoms with Gasteiger partial charge in [0.05, 0.1) is 5.39 Å². The van der Waals surface area contributed by atoms with Gasteiger partial charge in [0.2, 0.25) is 11.2 Å². The molecule has 0 bridgehead atoms. The van der Waals surface area contributed by atoms with E-state index >= 15 is 0 Å². The molecule has 5 aromatic rings. The average Bonchev–Trinajstić information content (AvgIpc) is 2.98. The molecule has 0 saturated heterocycles. The van der Waals surface area contributed by atoms with Crippen molar-refractivity contribution >= 4 is 34.6 Å². The molecule has 0 saturated carbocycles. The number of fused-ring (bicyclic) bond motifs is 1. The highest BCUT2D eigenvalue weighted by molar-refractivity contribution is 6.30. The van der Waals surface area contributed by atoms with Crippen molar-refractivity contribution in [3.63, 3.8) is 0 Å². The van der Waals surface area contributed by atoms with Crippen molar-refractivity contribution in [2.45, 2.75) is 26.4 Å². The van der Waals surface area contributed by atoms with Crippen molar-refractivity contribution < 1.29 is 23.4 Å². The molecular formula is C34H27ClO6. The van der Waals surface area contributed by atoms with Crippen LogP contribution in [-0.2, 0) is 11.4 Å². The quantitative estimate of drug-likeness (QED) is 0.101. The van der Waals surface area contributed by atoms with E-state index in [0.29, 0.717) is 28.5 Å². The smallest absolute Gasteiger partial charge is 0.336 e. The minimum Gasteiger partial charge on any atom is -0.489 e. The number of para-hydroxylation sites is 1. The average molecular weight is 567 g/mol. The lowest BCUT2D eigenvalue weighted by molar-refractivity contribution is -0.128. The molecule has 0 spiro atoms. The molecule has 6 nitrogen and oxygen atoms in total. The second-order valence-electron chi connectivity index (χ2n) is 9.62. The van der Waals surface area contributed by atoms with E-state index in [-0.39, 0.29) is 28.4 Å². The number of rotatable bonds is 9. The van der Waals surface area contributed by atoms with Gasteiger partial charge < -0.3 is 18.6 Å². The predicted molar refractivity (Wildman–Crippen MR) is 160 cm³/mol. The lowest BCUT2D eigenvalue weighted by Crippen LogP contribution is -2.07. The number of halogens is 1. The third-order valence-corrected chi connectivity index (χ3v) is 6.56. The van der Waals surface area contributed by atoms with Crippen LogP contribution in [0.5, 0.6) is 23.0 Å². The van der Waals surface area contributed by atoms with Crippen LogP contribution >= 0.6 is 11.6 Å². The first-order valence-corrected chi connectivity index (χ1v) is 13.4. The fourth-order valence-electron chi connectivity index (χ4n) is 4.13. The largest absolute Gasteiger partial charge is 0.489 e. The Bertz CT molecular complexity index is 1750. The van der Waals surface area contributed by atoms with Gasteiger partial charge in [0.15, 0.2) is 0 Å². The Morgan fingerprint density at radius 3 is 2.39 bits per heavy atom. The van der Waals surface area contributed by atoms with Gasteiger partial charge in [-0.2, -0.15) is 0 Å². The summed E-state index contributed by atoms with van der Waals surface area (Å²) in [4.78, 5) is 25.5. The maximum Gasteiger partial charge on any atom is 0.336 e. The Kier molecular flexibility index (Phi) is 8.51. The maximum absolute atomic E-state index is 13.0. The Morgan fingerprint density at radius 2 is 1.63 bits per heavy atom. The van der Waals surface area contributed by atoms with E-state index in [4.69, 9.17) is 30.2 Å². The number of ether oxygens (including phenoxy) is 3. The predicted octanol–water partition coefficient (Wildman–Crippen LogP) is 8.56. The number of carbonyl (C=O) groups excluding carboxylic acids is 1. The van der Waals surface area contributed by atoms with Crippen LogP contribution in [0.25, 0.3) is 17.0 Å². The fourth-order valence-corrected chi connectivity index (χ4v) is 4.26. The summed E-state index contributed by atoms with van der Waals surface area (Å²) in [7, 11) is 0. The molecule has 1 heterocycles. The van der Waals surface area contributed by atoms with Gasteiger partial charge in [-0.25, -0.2) is 4.79 Å². The fraction of sp³-hybridized carbons (Fsp3) is 0.118. The van der Waals surface area contributed by atoms with Gasteiger partial charge in [-0.3, -0.25) is 4.79 Å². The summed E-state index contributed by atoms with van der Waals surface area (Å²) in [6.45, 7) is 4.53. The zero-order chi connectivity index (χ0) is 28.8. The first-order valence-electron chi connectivity index (χ1n) is 13.1. The van der Waals surface area contributed by atoms with Crippen molar-refractivity contribution in [1.82, 2.24) is 0 Å². The molecule has 41 heavy (non-hydrogen) atoms. The van der Waals surface area contributed by atoms with Crippen LogP contribution in [0.15, 0.2) is 113 Å². The van der Waals surface area contributed by atoms with E-state index in [1.54, 1.807) is 18.2 Å². The second kappa shape index (κ2) is 12.6. The van der Waals surface area contributed by atoms with Crippen molar-refractivity contribution in [3.8, 4) is 23.0 Å². The lowest BCUT2D eigenvalue weighted by atomic mass is 10.0. The van der Waals surface area contributed by atoms with Crippen LogP contribution in [0, 0.1) is 0 Å². The molecule has 0 radical (unpaired) electrons. The zero-order valence-corrected chi connectivity index (χ0v) is 23.3. The lowest BCUT2D eigenvalue weighted by Gasteiger charge is -2.13. The summed E-state index contributed by atoms with van der Waals surface area (Å²) in [5.41, 5.74) is 2.76. The molecular weight excluding hydrogens is 540 g/mol. The molecule has 7 heteroatoms. The Balaban J connectivity index is 1.20. The van der Waals surface area contributed by atoms with Crippen molar-refractivity contribution in [3.05, 3.63) is 135 Å². The summed E-state index contributed by atoms with van der Waals surface area (Å²) in [6.07, 6.45) is 4.24. The molecule has 206 valence electrons. The summed E-state index contributed by atoms with van der Waals surface area (Å²) in [5, 5.41) is 0.997. The van der Waals surface area contributed by atoms with Gasteiger partial charge in [0.25, 0.3) is 0 Å². The molecule has 1 aromatic heterocycles. The van der Waals surface area contributed by atoms with Crippen LogP contribution < -0.4 is 19.6 Å². The first kappa shape index (κ1) is 27.7. The third kappa shape index (κ3) is 7.04. The van der Waals surface area contributed by atoms with Gasteiger partial charge in [-0.1, -0.05) is 67.9 Å². The highest BCUT2D eigenvalue weighted by atomic mass is 35.5. The summed E-state index contributed by atoms with van der Waals surface area (Å²) < 4.78 is 22.8. The van der Waals surface area contributed by atoms with Crippen LogP contribution in [0.3, 0.4) is 0 Å². The normalized spacial score (nSPS) is 11.2. The van der Waals surface area contributed by atoms with Crippen LogP contribution in [-0.4, -0.2) is 5.97 Å². The molecule has 0 aliphatic rings. The van der Waals surface area contributed by atoms with E-state index in [0.717, 1.165) is 16.7 Å². The van der Waals surface area contributed by atoms with Gasteiger partial charge in [0, 0.05) is 17.2 Å². The molecule has 0 N–H and O–H groups in total. The Hall–Kier alpha value is -4.81. The minimum absolute atomic E-state index is 0.0830. The van der Waals surface area contributed by atoms with Gasteiger partial charge in [0.1, 0.15) is 35.7 Å². The van der Waals surface area contributed by atoms with E-state index in [1.165, 1.54) is 18.4 Å². The van der Waals surface area contributed by atoms with Gasteiger partial charge >= 0.3 is 5.97 Å². The van der Waals surface area contributed by atoms with Gasteiger partial charge in [-0.05, 0) is 71.1 Å². The standard InChI is InChI=1S/C34H27ClO6/c1-22(2)28-5-3-4-6-30(28)41-32-21-39-31-19-27(16-17-29(31)34(32)37)40-33(36)18-11-23-9-14-26(15-10-23)38-20-24-7-12-25(35)13-8-24/h3-19,21-22H,20H2,1-2H3/b18-11+. The molecule has 4 aromatic carbocycles. The monoisotopic (exact) mass is 566 g/mol. The van der Waals surface area contributed by atoms with Crippen LogP contribution in [0.4, 0.5) is 0 Å². The molecule has 0 fully saturated rings. The van der Waals surface area contributed by atoms with Gasteiger partial charge in [-0.15, -0.1) is 0 Å². The molecule has 0 amide bonds. The number of carbonyl (C=O) groups is 1. The molecule has 0 aliphatic carbocycles. The Morgan fingerprint density at radius 1 is 0.902 bits per heavy atom. The zero-order valence-electron chi connectivity index (χ0n) is 22.5. The van der Waals surface area contributed by atoms with Crippen molar-refractivity contribution in [2.75, 3.05) is 0 Å². The number of hydrogen-bond donors (Lipinski definition) is 0. The molecule has 0 aliphatic heterocycles. The summed E-state index contributed by atoms with van der Waals surface area (Å²) in [5.74, 6) is 1.30. The second-order valence-corrected chi connectivity index (χ2v) is 10.1. The van der Waals surface area contributed by atoms with E-state index in [2.05, 4.69) is 13.8 Å². The SMILES string of the molecule is CC(C)c1ccccc1Oc1coc2cc(OC(=O)/C=C/c3ccc(OCc4ccc(Cl)cc4)cc3)ccc2c1=O. The molecule has 0 atom stereocenters. The topological polar surface area (TPSA) is 75.0 Å². The number of benzene rings is 4. The highest BCUT2D eigenvalue weighted by Crippen LogP contribution is 2.30. The maximum atomic E-state index is 13.0. The van der Waals surface area contributed by atoms with Crippen LogP contribution in [0.1, 0.15) is 36.5 Å². The first-order chi connectivity index (χ1) is 19.9. The molecule has 0 unspecified atom stereocenters. The minimum atomic E-state index is -0.569. The summed E-state index contributed by atoms with van der Waals surface area (Å²) in [6, 6.07) is 27.0. The third-order valence-electron chi connectivity index (χ3n) is 6.30. The van der Waals surface area contributed by atoms with E-state index in [9.17, 15) is 9.59 Å². The number of esters is 1. The summed E-state index contributed by atoms with van der Waals surface area (Å²) >= 11 is 5.91. The van der Waals surface area contributed by atoms with Crippen molar-refractivity contribution in [2.24, 2.45) is 0 Å². The van der Waals surface area contributed by atoms with E-state index < -0.39 is 5.97 Å². The molecule has 5 rings (SSSR count). The number of hydrogen-bond acceptors (Lipinski definition) is 6. The Labute approximate surface area is 242 Å². The van der Waals surface area contributed by atoms with Crippen LogP contribution in [0.2, 0.25) is 5.02 Å². The highest BCUT2D eigenvalue weighted by Gasteiger charge is 2.14.